The zero-order chi connectivity index (χ0) is 15.9. The van der Waals surface area contributed by atoms with E-state index < -0.39 is 0 Å². The normalized spacial score (nSPS) is 21.2. The van der Waals surface area contributed by atoms with Crippen LogP contribution in [0, 0.1) is 0 Å². The van der Waals surface area contributed by atoms with Crippen molar-refractivity contribution in [1.29, 1.82) is 0 Å². The van der Waals surface area contributed by atoms with Crippen LogP contribution in [-0.2, 0) is 4.79 Å². The highest BCUT2D eigenvalue weighted by molar-refractivity contribution is 5.92. The van der Waals surface area contributed by atoms with Gasteiger partial charge in [0.05, 0.1) is 39.9 Å². The number of piperazine rings is 1. The fourth-order valence-electron chi connectivity index (χ4n) is 2.70. The Bertz CT molecular complexity index is 499. The first kappa shape index (κ1) is 16.6. The highest BCUT2D eigenvalue weighted by Gasteiger charge is 2.20. The number of carbonyl (C=O) groups is 1. The van der Waals surface area contributed by atoms with Crippen molar-refractivity contribution < 1.29 is 24.1 Å². The molecule has 0 spiro atoms. The number of hydrogen-bond acceptors (Lipinski definition) is 3. The van der Waals surface area contributed by atoms with Gasteiger partial charge in [-0.15, -0.1) is 0 Å². The largest absolute Gasteiger partial charge is 0.497 e. The van der Waals surface area contributed by atoms with Crippen LogP contribution in [0.1, 0.15) is 6.42 Å². The second kappa shape index (κ2) is 8.00. The number of ether oxygens (including phenoxy) is 2. The summed E-state index contributed by atoms with van der Waals surface area (Å²) in [6.07, 6.45) is 0.523. The molecule has 1 aliphatic rings. The zero-order valence-corrected chi connectivity index (χ0v) is 13.7. The summed E-state index contributed by atoms with van der Waals surface area (Å²) in [7, 11) is 5.42. The molecule has 0 aliphatic carbocycles. The lowest BCUT2D eigenvalue weighted by molar-refractivity contribution is -1.00. The predicted octanol–water partition coefficient (Wildman–Crippen LogP) is -1.55. The molecule has 0 radical (unpaired) electrons. The van der Waals surface area contributed by atoms with E-state index in [1.807, 2.05) is 6.07 Å². The molecule has 22 heavy (non-hydrogen) atoms. The summed E-state index contributed by atoms with van der Waals surface area (Å²) in [5.41, 5.74) is 0.657. The van der Waals surface area contributed by atoms with Crippen LogP contribution in [0.4, 0.5) is 5.69 Å². The highest BCUT2D eigenvalue weighted by Crippen LogP contribution is 2.28. The summed E-state index contributed by atoms with van der Waals surface area (Å²) in [6, 6.07) is 5.39. The highest BCUT2D eigenvalue weighted by atomic mass is 16.5. The molecule has 6 nitrogen and oxygen atoms in total. The Morgan fingerprint density at radius 1 is 1.18 bits per heavy atom. The second-order valence-electron chi connectivity index (χ2n) is 5.82. The minimum Gasteiger partial charge on any atom is -0.497 e. The van der Waals surface area contributed by atoms with Crippen molar-refractivity contribution in [2.45, 2.75) is 6.42 Å². The average Bonchev–Trinajstić information content (AvgIpc) is 2.54. The average molecular weight is 309 g/mol. The minimum absolute atomic E-state index is 0.0188. The number of likely N-dealkylation sites (N-methyl/N-ethyl adjacent to an activating group) is 1. The van der Waals surface area contributed by atoms with Crippen molar-refractivity contribution in [3.63, 3.8) is 0 Å². The standard InChI is InChI=1S/C16H25N3O3/c1-18-8-10-19(11-9-18)7-6-16(20)17-14-12-13(21-2)4-5-15(14)22-3/h4-5,12H,6-11H2,1-3H3,(H,17,20)/p+2. The van der Waals surface area contributed by atoms with Crippen molar-refractivity contribution in [3.8, 4) is 11.5 Å². The van der Waals surface area contributed by atoms with Gasteiger partial charge >= 0.3 is 0 Å². The number of rotatable bonds is 6. The summed E-state index contributed by atoms with van der Waals surface area (Å²) in [5, 5.41) is 2.92. The number of benzene rings is 1. The SMILES string of the molecule is COc1ccc(OC)c(NC(=O)CC[NH+]2CC[NH+](C)CC2)c1. The minimum atomic E-state index is 0.0188. The third kappa shape index (κ3) is 4.61. The van der Waals surface area contributed by atoms with Crippen LogP contribution in [-0.4, -0.2) is 59.9 Å². The maximum Gasteiger partial charge on any atom is 0.230 e. The van der Waals surface area contributed by atoms with Crippen molar-refractivity contribution >= 4 is 11.6 Å². The Hall–Kier alpha value is -1.79. The molecular weight excluding hydrogens is 282 g/mol. The van der Waals surface area contributed by atoms with E-state index in [2.05, 4.69) is 12.4 Å². The first-order valence-electron chi connectivity index (χ1n) is 7.79. The summed E-state index contributed by atoms with van der Waals surface area (Å²) in [5.74, 6) is 1.36. The van der Waals surface area contributed by atoms with E-state index in [1.165, 1.54) is 18.0 Å². The number of hydrogen-bond donors (Lipinski definition) is 3. The third-order valence-corrected chi connectivity index (χ3v) is 4.20. The fraction of sp³-hybridized carbons (Fsp3) is 0.562. The summed E-state index contributed by atoms with van der Waals surface area (Å²) in [6.45, 7) is 5.52. The van der Waals surface area contributed by atoms with E-state index >= 15 is 0 Å². The number of quaternary nitrogens is 2. The number of methoxy groups -OCH3 is 2. The summed E-state index contributed by atoms with van der Waals surface area (Å²) in [4.78, 5) is 15.3. The van der Waals surface area contributed by atoms with Gasteiger partial charge < -0.3 is 24.6 Å². The zero-order valence-electron chi connectivity index (χ0n) is 13.7. The summed E-state index contributed by atoms with van der Waals surface area (Å²) >= 11 is 0. The molecule has 6 heteroatoms. The number of anilines is 1. The van der Waals surface area contributed by atoms with Gasteiger partial charge in [0.1, 0.15) is 37.7 Å². The molecule has 1 aromatic carbocycles. The Morgan fingerprint density at radius 3 is 2.55 bits per heavy atom. The molecule has 1 aliphatic heterocycles. The van der Waals surface area contributed by atoms with Gasteiger partial charge in [-0.25, -0.2) is 0 Å². The molecule has 0 atom stereocenters. The molecular formula is C16H27N3O3+2. The van der Waals surface area contributed by atoms with Crippen LogP contribution in [0.5, 0.6) is 11.5 Å². The lowest BCUT2D eigenvalue weighted by Gasteiger charge is -2.27. The van der Waals surface area contributed by atoms with Crippen LogP contribution in [0.2, 0.25) is 0 Å². The van der Waals surface area contributed by atoms with Gasteiger partial charge in [0.25, 0.3) is 0 Å². The Balaban J connectivity index is 1.86. The lowest BCUT2D eigenvalue weighted by atomic mass is 10.2. The molecule has 0 aromatic heterocycles. The molecule has 1 saturated heterocycles. The van der Waals surface area contributed by atoms with Crippen molar-refractivity contribution in [2.24, 2.45) is 0 Å². The maximum atomic E-state index is 12.2. The summed E-state index contributed by atoms with van der Waals surface area (Å²) < 4.78 is 10.5. The fourth-order valence-corrected chi connectivity index (χ4v) is 2.70. The maximum absolute atomic E-state index is 12.2. The molecule has 3 N–H and O–H groups in total. The third-order valence-electron chi connectivity index (χ3n) is 4.20. The first-order chi connectivity index (χ1) is 10.6. The van der Waals surface area contributed by atoms with Crippen LogP contribution in [0.15, 0.2) is 18.2 Å². The van der Waals surface area contributed by atoms with Gasteiger partial charge in [0, 0.05) is 6.07 Å². The van der Waals surface area contributed by atoms with E-state index in [-0.39, 0.29) is 5.91 Å². The van der Waals surface area contributed by atoms with Gasteiger partial charge in [-0.3, -0.25) is 4.79 Å². The number of nitrogens with one attached hydrogen (secondary N) is 3. The smallest absolute Gasteiger partial charge is 0.230 e. The van der Waals surface area contributed by atoms with E-state index in [0.717, 1.165) is 19.6 Å². The quantitative estimate of drug-likeness (QED) is 0.596. The molecule has 0 unspecified atom stereocenters. The van der Waals surface area contributed by atoms with Crippen molar-refractivity contribution in [3.05, 3.63) is 18.2 Å². The van der Waals surface area contributed by atoms with Gasteiger partial charge in [-0.05, 0) is 12.1 Å². The van der Waals surface area contributed by atoms with E-state index in [4.69, 9.17) is 9.47 Å². The second-order valence-corrected chi connectivity index (χ2v) is 5.82. The Kier molecular flexibility index (Phi) is 6.03. The Labute approximate surface area is 132 Å². The van der Waals surface area contributed by atoms with Gasteiger partial charge in [-0.2, -0.15) is 0 Å². The molecule has 1 fully saturated rings. The molecule has 0 saturated carbocycles. The van der Waals surface area contributed by atoms with Gasteiger partial charge in [-0.1, -0.05) is 0 Å². The topological polar surface area (TPSA) is 56.4 Å². The van der Waals surface area contributed by atoms with Crippen LogP contribution in [0.25, 0.3) is 0 Å². The van der Waals surface area contributed by atoms with Crippen molar-refractivity contribution in [1.82, 2.24) is 0 Å². The molecule has 0 bridgehead atoms. The monoisotopic (exact) mass is 309 g/mol. The van der Waals surface area contributed by atoms with Crippen LogP contribution >= 0.6 is 0 Å². The first-order valence-corrected chi connectivity index (χ1v) is 7.79. The molecule has 122 valence electrons. The van der Waals surface area contributed by atoms with E-state index in [1.54, 1.807) is 31.3 Å². The van der Waals surface area contributed by atoms with Gasteiger partial charge in [0.15, 0.2) is 0 Å². The number of amides is 1. The Morgan fingerprint density at radius 2 is 1.91 bits per heavy atom. The van der Waals surface area contributed by atoms with Gasteiger partial charge in [0.2, 0.25) is 5.91 Å². The van der Waals surface area contributed by atoms with Crippen LogP contribution in [0.3, 0.4) is 0 Å². The molecule has 1 aromatic rings. The van der Waals surface area contributed by atoms with E-state index in [0.29, 0.717) is 23.6 Å². The van der Waals surface area contributed by atoms with Crippen LogP contribution < -0.4 is 24.6 Å². The lowest BCUT2D eigenvalue weighted by Crippen LogP contribution is -3.27. The number of carbonyl (C=O) groups excluding carboxylic acids is 1. The molecule has 1 heterocycles. The van der Waals surface area contributed by atoms with Crippen molar-refractivity contribution in [2.75, 3.05) is 59.3 Å². The molecule has 2 rings (SSSR count). The molecule has 1 amide bonds. The van der Waals surface area contributed by atoms with E-state index in [9.17, 15) is 4.79 Å². The predicted molar refractivity (Wildman–Crippen MR) is 85.0 cm³/mol.